The number of rotatable bonds is 3. The Morgan fingerprint density at radius 3 is 2.14 bits per heavy atom. The first-order chi connectivity index (χ1) is 9.90. The van der Waals surface area contributed by atoms with E-state index in [1.54, 1.807) is 20.8 Å². The van der Waals surface area contributed by atoms with Crippen molar-refractivity contribution in [2.45, 2.75) is 64.3 Å². The summed E-state index contributed by atoms with van der Waals surface area (Å²) in [5, 5.41) is 0. The van der Waals surface area contributed by atoms with Gasteiger partial charge in [0, 0.05) is 0 Å². The van der Waals surface area contributed by atoms with Crippen LogP contribution in [0.3, 0.4) is 0 Å². The molecule has 3 nitrogen and oxygen atoms in total. The lowest BCUT2D eigenvalue weighted by Crippen LogP contribution is -2.48. The highest BCUT2D eigenvalue weighted by atomic mass is 19.4. The molecule has 0 aromatic heterocycles. The molecule has 4 unspecified atom stereocenters. The topological polar surface area (TPSA) is 35.5 Å². The average Bonchev–Trinajstić information content (AvgIpc) is 2.85. The predicted molar refractivity (Wildman–Crippen MR) is 75.2 cm³/mol. The molecule has 0 radical (unpaired) electrons. The van der Waals surface area contributed by atoms with Crippen LogP contribution in [-0.4, -0.2) is 23.5 Å². The van der Waals surface area contributed by atoms with Gasteiger partial charge in [-0.2, -0.15) is 13.2 Å². The molecule has 1 saturated carbocycles. The molecule has 22 heavy (non-hydrogen) atoms. The zero-order valence-corrected chi connectivity index (χ0v) is 13.4. The van der Waals surface area contributed by atoms with Crippen molar-refractivity contribution in [1.82, 2.24) is 0 Å². The molecule has 126 valence electrons. The van der Waals surface area contributed by atoms with E-state index in [-0.39, 0.29) is 18.3 Å². The van der Waals surface area contributed by atoms with Crippen molar-refractivity contribution in [1.29, 1.82) is 0 Å². The quantitative estimate of drug-likeness (QED) is 0.550. The van der Waals surface area contributed by atoms with Crippen LogP contribution in [0.25, 0.3) is 0 Å². The van der Waals surface area contributed by atoms with E-state index in [0.29, 0.717) is 5.92 Å². The van der Waals surface area contributed by atoms with E-state index in [4.69, 9.17) is 9.47 Å². The highest BCUT2D eigenvalue weighted by Crippen LogP contribution is 2.49. The van der Waals surface area contributed by atoms with Gasteiger partial charge >= 0.3 is 12.3 Å². The van der Waals surface area contributed by atoms with Gasteiger partial charge in [-0.1, -0.05) is 12.2 Å². The Balaban J connectivity index is 2.08. The van der Waals surface area contributed by atoms with Crippen molar-refractivity contribution < 1.29 is 27.4 Å². The van der Waals surface area contributed by atoms with Crippen LogP contribution in [0, 0.1) is 17.8 Å². The minimum atomic E-state index is -4.63. The van der Waals surface area contributed by atoms with Crippen molar-refractivity contribution in [3.05, 3.63) is 12.2 Å². The molecule has 0 amide bonds. The molecule has 2 aliphatic carbocycles. The molecular weight excluding hydrogens is 297 g/mol. The molecular formula is C16H23F3O3. The van der Waals surface area contributed by atoms with Crippen molar-refractivity contribution in [3.63, 3.8) is 0 Å². The monoisotopic (exact) mass is 320 g/mol. The maximum atomic E-state index is 13.4. The van der Waals surface area contributed by atoms with E-state index in [0.717, 1.165) is 19.8 Å². The molecule has 2 rings (SSSR count). The second-order valence-corrected chi connectivity index (χ2v) is 7.54. The second-order valence-electron chi connectivity index (χ2n) is 7.54. The zero-order valence-electron chi connectivity index (χ0n) is 13.4. The number of alkyl halides is 3. The van der Waals surface area contributed by atoms with Gasteiger partial charge in [-0.25, -0.2) is 4.79 Å². The van der Waals surface area contributed by atoms with Crippen LogP contribution in [-0.2, 0) is 9.47 Å². The lowest BCUT2D eigenvalue weighted by Gasteiger charge is -2.35. The maximum absolute atomic E-state index is 13.4. The summed E-state index contributed by atoms with van der Waals surface area (Å²) in [4.78, 5) is 11.7. The third kappa shape index (κ3) is 3.76. The molecule has 0 heterocycles. The second kappa shape index (κ2) is 5.46. The fraction of sp³-hybridized carbons (Fsp3) is 0.812. The molecule has 0 aromatic carbocycles. The van der Waals surface area contributed by atoms with Crippen molar-refractivity contribution >= 4 is 6.16 Å². The Bertz CT molecular complexity index is 464. The Morgan fingerprint density at radius 2 is 1.73 bits per heavy atom. The van der Waals surface area contributed by atoms with Crippen LogP contribution < -0.4 is 0 Å². The van der Waals surface area contributed by atoms with Gasteiger partial charge in [-0.15, -0.1) is 0 Å². The van der Waals surface area contributed by atoms with E-state index in [1.165, 1.54) is 0 Å². The summed E-state index contributed by atoms with van der Waals surface area (Å²) >= 11 is 0. The smallest absolute Gasteiger partial charge is 0.429 e. The standard InChI is InChI=1S/C16H23F3O3/c1-14(2,3)21-13(20)22-15(4,16(17,18)19)9-12-8-10-5-6-11(12)7-10/h5-6,10-12H,7-9H2,1-4H3. The molecule has 6 heteroatoms. The molecule has 0 aromatic rings. The Hall–Kier alpha value is -1.20. The van der Waals surface area contributed by atoms with Crippen molar-refractivity contribution in [3.8, 4) is 0 Å². The van der Waals surface area contributed by atoms with E-state index in [9.17, 15) is 18.0 Å². The average molecular weight is 320 g/mol. The van der Waals surface area contributed by atoms with Gasteiger partial charge in [-0.05, 0) is 64.7 Å². The third-order valence-corrected chi connectivity index (χ3v) is 4.37. The largest absolute Gasteiger partial charge is 0.509 e. The maximum Gasteiger partial charge on any atom is 0.509 e. The predicted octanol–water partition coefficient (Wildman–Crippen LogP) is 4.86. The van der Waals surface area contributed by atoms with Crippen LogP contribution in [0.4, 0.5) is 18.0 Å². The lowest BCUT2D eigenvalue weighted by molar-refractivity contribution is -0.264. The number of fused-ring (bicyclic) bond motifs is 2. The van der Waals surface area contributed by atoms with Crippen molar-refractivity contribution in [2.75, 3.05) is 0 Å². The van der Waals surface area contributed by atoms with E-state index >= 15 is 0 Å². The zero-order chi connectivity index (χ0) is 16.8. The molecule has 0 N–H and O–H groups in total. The van der Waals surface area contributed by atoms with Crippen LogP contribution in [0.2, 0.25) is 0 Å². The molecule has 2 aliphatic rings. The van der Waals surface area contributed by atoms with Gasteiger partial charge in [0.1, 0.15) is 5.60 Å². The molecule has 1 fully saturated rings. The fourth-order valence-electron chi connectivity index (χ4n) is 3.30. The summed E-state index contributed by atoms with van der Waals surface area (Å²) in [5.41, 5.74) is -3.41. The van der Waals surface area contributed by atoms with Gasteiger partial charge < -0.3 is 9.47 Å². The highest BCUT2D eigenvalue weighted by molar-refractivity contribution is 5.61. The summed E-state index contributed by atoms with van der Waals surface area (Å²) < 4.78 is 49.9. The Kier molecular flexibility index (Phi) is 4.26. The number of halogens is 3. The summed E-state index contributed by atoms with van der Waals surface area (Å²) in [6.45, 7) is 5.69. The number of allylic oxidation sites excluding steroid dienone is 2. The molecule has 2 bridgehead atoms. The van der Waals surface area contributed by atoms with E-state index in [2.05, 4.69) is 6.08 Å². The van der Waals surface area contributed by atoms with Crippen LogP contribution in [0.5, 0.6) is 0 Å². The number of ether oxygens (including phenoxy) is 2. The first-order valence-corrected chi connectivity index (χ1v) is 7.57. The first kappa shape index (κ1) is 17.2. The van der Waals surface area contributed by atoms with Crippen LogP contribution in [0.15, 0.2) is 12.2 Å². The molecule has 0 aliphatic heterocycles. The number of hydrogen-bond donors (Lipinski definition) is 0. The number of carbonyl (C=O) groups is 1. The summed E-state index contributed by atoms with van der Waals surface area (Å²) in [7, 11) is 0. The summed E-state index contributed by atoms with van der Waals surface area (Å²) in [5.74, 6) is 0.423. The van der Waals surface area contributed by atoms with Gasteiger partial charge in [0.25, 0.3) is 0 Å². The van der Waals surface area contributed by atoms with Crippen LogP contribution in [0.1, 0.15) is 47.0 Å². The Labute approximate surface area is 128 Å². The SMILES string of the molecule is CC(C)(C)OC(=O)OC(C)(CC1CC2C=CC1C2)C(F)(F)F. The van der Waals surface area contributed by atoms with Crippen LogP contribution >= 0.6 is 0 Å². The summed E-state index contributed by atoms with van der Waals surface area (Å²) in [6, 6.07) is 0. The summed E-state index contributed by atoms with van der Waals surface area (Å²) in [6.07, 6.45) is -0.429. The number of carbonyl (C=O) groups excluding carboxylic acids is 1. The van der Waals surface area contributed by atoms with Crippen molar-refractivity contribution in [2.24, 2.45) is 17.8 Å². The highest BCUT2D eigenvalue weighted by Gasteiger charge is 2.57. The van der Waals surface area contributed by atoms with Gasteiger partial charge in [-0.3, -0.25) is 0 Å². The third-order valence-electron chi connectivity index (χ3n) is 4.37. The minimum absolute atomic E-state index is 0.107. The van der Waals surface area contributed by atoms with Gasteiger partial charge in [0.05, 0.1) is 0 Å². The minimum Gasteiger partial charge on any atom is -0.429 e. The molecule has 0 spiro atoms. The Morgan fingerprint density at radius 1 is 1.09 bits per heavy atom. The molecule has 0 saturated heterocycles. The first-order valence-electron chi connectivity index (χ1n) is 7.57. The fourth-order valence-corrected chi connectivity index (χ4v) is 3.30. The van der Waals surface area contributed by atoms with Gasteiger partial charge in [0.15, 0.2) is 0 Å². The number of hydrogen-bond acceptors (Lipinski definition) is 3. The normalized spacial score (nSPS) is 30.2. The van der Waals surface area contributed by atoms with Gasteiger partial charge in [0.2, 0.25) is 5.60 Å². The van der Waals surface area contributed by atoms with E-state index < -0.39 is 23.5 Å². The van der Waals surface area contributed by atoms with E-state index in [1.807, 2.05) is 6.08 Å². The molecule has 4 atom stereocenters. The lowest BCUT2D eigenvalue weighted by atomic mass is 9.83.